The van der Waals surface area contributed by atoms with Gasteiger partial charge in [0.2, 0.25) is 0 Å². The van der Waals surface area contributed by atoms with Gasteiger partial charge in [0.05, 0.1) is 0 Å². The summed E-state index contributed by atoms with van der Waals surface area (Å²) in [6, 6.07) is 20.6. The van der Waals surface area contributed by atoms with Crippen LogP contribution in [0.5, 0.6) is 0 Å². The fourth-order valence-electron chi connectivity index (χ4n) is 4.38. The molecule has 8 heteroatoms. The van der Waals surface area contributed by atoms with Crippen molar-refractivity contribution < 1.29 is 24.5 Å². The molecular formula is C31H39ClN2O5. The van der Waals surface area contributed by atoms with E-state index in [0.29, 0.717) is 24.5 Å². The highest BCUT2D eigenvalue weighted by Gasteiger charge is 2.34. The number of hydrogen-bond acceptors (Lipinski definition) is 5. The molecule has 7 nitrogen and oxygen atoms in total. The van der Waals surface area contributed by atoms with Crippen LogP contribution in [0.4, 0.5) is 5.69 Å². The molecule has 0 saturated heterocycles. The maximum absolute atomic E-state index is 12.9. The second kappa shape index (κ2) is 15.5. The number of anilines is 1. The minimum Gasteiger partial charge on any atom is -0.479 e. The Morgan fingerprint density at radius 1 is 0.974 bits per heavy atom. The van der Waals surface area contributed by atoms with E-state index in [9.17, 15) is 19.8 Å². The van der Waals surface area contributed by atoms with Crippen molar-refractivity contribution in [2.75, 3.05) is 32.1 Å². The maximum atomic E-state index is 12.9. The number of nitrogens with zero attached hydrogens (tertiary/aromatic N) is 1. The Bertz CT molecular complexity index is 1230. The topological polar surface area (TPSA) is 99.1 Å². The van der Waals surface area contributed by atoms with Gasteiger partial charge >= 0.3 is 5.97 Å². The van der Waals surface area contributed by atoms with E-state index in [1.54, 1.807) is 7.05 Å². The Balaban J connectivity index is 1.37. The minimum atomic E-state index is -1.92. The number of carbonyl (C=O) groups excluding carboxylic acids is 1. The molecule has 3 rings (SSSR count). The van der Waals surface area contributed by atoms with Crippen molar-refractivity contribution in [2.24, 2.45) is 0 Å². The number of aliphatic carboxylic acids is 1. The van der Waals surface area contributed by atoms with E-state index in [2.05, 4.69) is 35.6 Å². The Morgan fingerprint density at radius 2 is 1.74 bits per heavy atom. The van der Waals surface area contributed by atoms with Gasteiger partial charge in [0, 0.05) is 37.5 Å². The van der Waals surface area contributed by atoms with Gasteiger partial charge in [-0.05, 0) is 73.1 Å². The number of amides is 1. The van der Waals surface area contributed by atoms with Crippen molar-refractivity contribution in [1.82, 2.24) is 4.90 Å². The van der Waals surface area contributed by atoms with Gasteiger partial charge in [-0.15, -0.1) is 0 Å². The molecule has 1 amide bonds. The van der Waals surface area contributed by atoms with Crippen LogP contribution < -0.4 is 5.32 Å². The van der Waals surface area contributed by atoms with E-state index in [1.165, 1.54) is 21.2 Å². The van der Waals surface area contributed by atoms with Gasteiger partial charge in [-0.1, -0.05) is 66.6 Å². The Kier molecular flexibility index (Phi) is 12.1. The van der Waals surface area contributed by atoms with Gasteiger partial charge in [-0.25, -0.2) is 4.79 Å². The molecule has 0 radical (unpaired) electrons. The summed E-state index contributed by atoms with van der Waals surface area (Å²) in [6.07, 6.45) is 1.63. The standard InChI is InChI=1S/C31H39ClN2O5/c1-22-13-16-26(21-27(22)32)33-17-7-9-19-39-29(28(35)31(37)38)30(36)34(2)18-8-3-4-10-23-14-15-24-11-5-6-12-25(24)20-23/h5-6,11-16,20-21,28-29,33,35H,3-4,7-10,17-19H2,1-2H3,(H,37,38). The molecule has 0 aromatic heterocycles. The number of carbonyl (C=O) groups is 2. The summed E-state index contributed by atoms with van der Waals surface area (Å²) in [7, 11) is 1.62. The van der Waals surface area contributed by atoms with E-state index in [4.69, 9.17) is 16.3 Å². The van der Waals surface area contributed by atoms with Gasteiger partial charge in [-0.2, -0.15) is 0 Å². The van der Waals surface area contributed by atoms with E-state index in [-0.39, 0.29) is 6.61 Å². The number of hydrogen-bond donors (Lipinski definition) is 3. The lowest BCUT2D eigenvalue weighted by Gasteiger charge is -2.25. The lowest BCUT2D eigenvalue weighted by molar-refractivity contribution is -0.166. The summed E-state index contributed by atoms with van der Waals surface area (Å²) in [4.78, 5) is 25.8. The third kappa shape index (κ3) is 9.53. The summed E-state index contributed by atoms with van der Waals surface area (Å²) in [6.45, 7) is 3.24. The molecule has 0 aliphatic carbocycles. The molecule has 210 valence electrons. The molecule has 0 aliphatic rings. The molecule has 0 aliphatic heterocycles. The number of ether oxygens (including phenoxy) is 1. The molecular weight excluding hydrogens is 516 g/mol. The Labute approximate surface area is 235 Å². The molecule has 2 unspecified atom stereocenters. The van der Waals surface area contributed by atoms with E-state index in [0.717, 1.165) is 43.4 Å². The molecule has 3 N–H and O–H groups in total. The number of carboxylic acid groups (broad SMARTS) is 1. The van der Waals surface area contributed by atoms with Crippen molar-refractivity contribution in [3.8, 4) is 0 Å². The van der Waals surface area contributed by atoms with Crippen LogP contribution in [-0.2, 0) is 20.7 Å². The number of nitrogens with one attached hydrogen (secondary N) is 1. The molecule has 39 heavy (non-hydrogen) atoms. The van der Waals surface area contributed by atoms with Crippen LogP contribution >= 0.6 is 11.6 Å². The monoisotopic (exact) mass is 554 g/mol. The predicted octanol–water partition coefficient (Wildman–Crippen LogP) is 5.70. The quantitative estimate of drug-likeness (QED) is 0.197. The van der Waals surface area contributed by atoms with Crippen LogP contribution in [0.3, 0.4) is 0 Å². The van der Waals surface area contributed by atoms with E-state index >= 15 is 0 Å². The molecule has 2 atom stereocenters. The fraction of sp³-hybridized carbons (Fsp3) is 0.419. The number of benzene rings is 3. The SMILES string of the molecule is Cc1ccc(NCCCCOC(C(=O)N(C)CCCCCc2ccc3ccccc3c2)C(O)C(=O)O)cc1Cl. The summed E-state index contributed by atoms with van der Waals surface area (Å²) >= 11 is 6.14. The third-order valence-corrected chi connectivity index (χ3v) is 7.21. The second-order valence-corrected chi connectivity index (χ2v) is 10.3. The first-order valence-corrected chi connectivity index (χ1v) is 13.9. The number of carboxylic acids is 1. The maximum Gasteiger partial charge on any atom is 0.335 e. The van der Waals surface area contributed by atoms with Crippen molar-refractivity contribution in [3.05, 3.63) is 76.8 Å². The van der Waals surface area contributed by atoms with Crippen LogP contribution in [0.15, 0.2) is 60.7 Å². The van der Waals surface area contributed by atoms with Gasteiger partial charge in [0.1, 0.15) is 0 Å². The highest BCUT2D eigenvalue weighted by atomic mass is 35.5. The summed E-state index contributed by atoms with van der Waals surface area (Å²) in [5.41, 5.74) is 3.21. The second-order valence-electron chi connectivity index (χ2n) is 9.92. The average Bonchev–Trinajstić information content (AvgIpc) is 2.93. The molecule has 0 heterocycles. The number of unbranched alkanes of at least 4 members (excludes halogenated alkanes) is 3. The largest absolute Gasteiger partial charge is 0.479 e. The lowest BCUT2D eigenvalue weighted by atomic mass is 10.0. The minimum absolute atomic E-state index is 0.163. The summed E-state index contributed by atoms with van der Waals surface area (Å²) in [5, 5.41) is 25.8. The van der Waals surface area contributed by atoms with Crippen LogP contribution in [0.1, 0.15) is 43.2 Å². The average molecular weight is 555 g/mol. The highest BCUT2D eigenvalue weighted by molar-refractivity contribution is 6.31. The van der Waals surface area contributed by atoms with Crippen molar-refractivity contribution in [1.29, 1.82) is 0 Å². The molecule has 3 aromatic carbocycles. The van der Waals surface area contributed by atoms with Crippen LogP contribution in [0.2, 0.25) is 5.02 Å². The number of aliphatic hydroxyl groups excluding tert-OH is 1. The number of halogens is 1. The van der Waals surface area contributed by atoms with Crippen LogP contribution in [0, 0.1) is 6.92 Å². The fourth-order valence-corrected chi connectivity index (χ4v) is 4.56. The summed E-state index contributed by atoms with van der Waals surface area (Å²) in [5.74, 6) is -2.00. The zero-order valence-electron chi connectivity index (χ0n) is 22.7. The number of fused-ring (bicyclic) bond motifs is 1. The number of rotatable bonds is 16. The molecule has 0 bridgehead atoms. The first kappa shape index (κ1) is 30.4. The molecule has 0 fully saturated rings. The Morgan fingerprint density at radius 3 is 2.49 bits per heavy atom. The Hall–Kier alpha value is -3.13. The normalized spacial score (nSPS) is 12.7. The zero-order chi connectivity index (χ0) is 28.2. The molecule has 3 aromatic rings. The van der Waals surface area contributed by atoms with Gasteiger partial charge in [0.15, 0.2) is 12.2 Å². The van der Waals surface area contributed by atoms with Crippen molar-refractivity contribution >= 4 is 39.9 Å². The van der Waals surface area contributed by atoms with Crippen LogP contribution in [-0.4, -0.2) is 65.9 Å². The molecule has 0 spiro atoms. The summed E-state index contributed by atoms with van der Waals surface area (Å²) < 4.78 is 5.58. The van der Waals surface area contributed by atoms with Gasteiger partial charge < -0.3 is 25.2 Å². The smallest absolute Gasteiger partial charge is 0.335 e. The van der Waals surface area contributed by atoms with E-state index < -0.39 is 24.1 Å². The first-order chi connectivity index (χ1) is 18.8. The van der Waals surface area contributed by atoms with Crippen molar-refractivity contribution in [3.63, 3.8) is 0 Å². The van der Waals surface area contributed by atoms with Gasteiger partial charge in [0.25, 0.3) is 5.91 Å². The third-order valence-electron chi connectivity index (χ3n) is 6.80. The predicted molar refractivity (Wildman–Crippen MR) is 156 cm³/mol. The number of likely N-dealkylation sites (N-methyl/N-ethyl adjacent to an activating group) is 1. The van der Waals surface area contributed by atoms with Gasteiger partial charge in [-0.3, -0.25) is 4.79 Å². The highest BCUT2D eigenvalue weighted by Crippen LogP contribution is 2.20. The number of aliphatic hydroxyl groups is 1. The number of aryl methyl sites for hydroxylation is 2. The lowest BCUT2D eigenvalue weighted by Crippen LogP contribution is -2.48. The van der Waals surface area contributed by atoms with E-state index in [1.807, 2.05) is 37.3 Å². The zero-order valence-corrected chi connectivity index (χ0v) is 23.5. The van der Waals surface area contributed by atoms with Crippen LogP contribution in [0.25, 0.3) is 10.8 Å². The van der Waals surface area contributed by atoms with Crippen molar-refractivity contribution in [2.45, 2.75) is 57.7 Å². The first-order valence-electron chi connectivity index (χ1n) is 13.5. The molecule has 0 saturated carbocycles.